The summed E-state index contributed by atoms with van der Waals surface area (Å²) in [4.78, 5) is 0. The first-order valence-electron chi connectivity index (χ1n) is 4.95. The minimum atomic E-state index is -0.232. The second kappa shape index (κ2) is 4.53. The predicted octanol–water partition coefficient (Wildman–Crippen LogP) is 1.96. The molecule has 0 bridgehead atoms. The van der Waals surface area contributed by atoms with Crippen molar-refractivity contribution < 1.29 is 14.9 Å². The third kappa shape index (κ3) is 3.13. The summed E-state index contributed by atoms with van der Waals surface area (Å²) in [6.07, 6.45) is 0.618. The smallest absolute Gasteiger partial charge is 0.119 e. The Labute approximate surface area is 90.3 Å². The van der Waals surface area contributed by atoms with E-state index in [1.807, 2.05) is 13.8 Å². The molecule has 0 aliphatic carbocycles. The van der Waals surface area contributed by atoms with Crippen molar-refractivity contribution in [1.82, 2.24) is 0 Å². The Hall–Kier alpha value is -1.22. The average molecular weight is 210 g/mol. The van der Waals surface area contributed by atoms with Gasteiger partial charge in [0.05, 0.1) is 7.11 Å². The highest BCUT2D eigenvalue weighted by Gasteiger charge is 2.19. The quantitative estimate of drug-likeness (QED) is 0.798. The lowest BCUT2D eigenvalue weighted by atomic mass is 9.86. The summed E-state index contributed by atoms with van der Waals surface area (Å²) >= 11 is 0. The Morgan fingerprint density at radius 3 is 2.53 bits per heavy atom. The van der Waals surface area contributed by atoms with Gasteiger partial charge in [-0.2, -0.15) is 0 Å². The van der Waals surface area contributed by atoms with E-state index in [9.17, 15) is 5.11 Å². The summed E-state index contributed by atoms with van der Waals surface area (Å²) in [5.41, 5.74) is 0.567. The number of phenolic OH excluding ortho intramolecular Hbond substituents is 1. The highest BCUT2D eigenvalue weighted by atomic mass is 16.5. The van der Waals surface area contributed by atoms with Crippen molar-refractivity contribution in [3.63, 3.8) is 0 Å². The van der Waals surface area contributed by atoms with Gasteiger partial charge in [0.1, 0.15) is 11.5 Å². The van der Waals surface area contributed by atoms with Crippen LogP contribution >= 0.6 is 0 Å². The van der Waals surface area contributed by atoms with Crippen molar-refractivity contribution in [2.75, 3.05) is 13.7 Å². The van der Waals surface area contributed by atoms with Crippen LogP contribution < -0.4 is 4.74 Å². The normalized spacial score (nSPS) is 11.5. The summed E-state index contributed by atoms with van der Waals surface area (Å²) in [5.74, 6) is 0.967. The Bertz CT molecular complexity index is 332. The fourth-order valence-corrected chi connectivity index (χ4v) is 1.40. The van der Waals surface area contributed by atoms with Crippen LogP contribution in [-0.4, -0.2) is 23.9 Å². The number of hydrogen-bond donors (Lipinski definition) is 2. The van der Waals surface area contributed by atoms with Gasteiger partial charge in [-0.05, 0) is 35.6 Å². The van der Waals surface area contributed by atoms with E-state index in [4.69, 9.17) is 9.84 Å². The van der Waals surface area contributed by atoms with Crippen molar-refractivity contribution in [3.8, 4) is 11.5 Å². The fraction of sp³-hybridized carbons (Fsp3) is 0.500. The first-order chi connectivity index (χ1) is 6.98. The molecule has 1 rings (SSSR count). The Morgan fingerprint density at radius 2 is 2.00 bits per heavy atom. The lowest BCUT2D eigenvalue weighted by Crippen LogP contribution is -2.19. The van der Waals surface area contributed by atoms with Gasteiger partial charge in [0.15, 0.2) is 0 Å². The van der Waals surface area contributed by atoms with Crippen LogP contribution in [0.2, 0.25) is 0 Å². The van der Waals surface area contributed by atoms with E-state index in [-0.39, 0.29) is 17.8 Å². The van der Waals surface area contributed by atoms with Crippen molar-refractivity contribution in [3.05, 3.63) is 23.8 Å². The van der Waals surface area contributed by atoms with Crippen molar-refractivity contribution in [2.45, 2.75) is 20.3 Å². The third-order valence-electron chi connectivity index (χ3n) is 2.38. The molecule has 0 radical (unpaired) electrons. The van der Waals surface area contributed by atoms with E-state index in [1.54, 1.807) is 25.3 Å². The maximum absolute atomic E-state index is 9.65. The molecular formula is C12H18O3. The molecule has 2 N–H and O–H groups in total. The molecule has 0 unspecified atom stereocenters. The fourth-order valence-electron chi connectivity index (χ4n) is 1.40. The van der Waals surface area contributed by atoms with E-state index in [1.165, 1.54) is 0 Å². The number of aliphatic hydroxyl groups is 1. The van der Waals surface area contributed by atoms with Crippen LogP contribution in [0.3, 0.4) is 0 Å². The maximum Gasteiger partial charge on any atom is 0.119 e. The van der Waals surface area contributed by atoms with Crippen LogP contribution in [0.25, 0.3) is 0 Å². The zero-order valence-corrected chi connectivity index (χ0v) is 9.45. The number of aliphatic hydroxyl groups excluding tert-OH is 1. The predicted molar refractivity (Wildman–Crippen MR) is 59.2 cm³/mol. The zero-order chi connectivity index (χ0) is 11.5. The second-order valence-corrected chi connectivity index (χ2v) is 4.49. The SMILES string of the molecule is COc1ccc(O)c(CC(C)(C)CO)c1. The summed E-state index contributed by atoms with van der Waals surface area (Å²) in [7, 11) is 1.59. The molecule has 0 aliphatic rings. The lowest BCUT2D eigenvalue weighted by Gasteiger charge is -2.22. The molecule has 0 aliphatic heterocycles. The highest BCUT2D eigenvalue weighted by Crippen LogP contribution is 2.29. The molecule has 3 nitrogen and oxygen atoms in total. The van der Waals surface area contributed by atoms with Gasteiger partial charge in [0.2, 0.25) is 0 Å². The minimum absolute atomic E-state index is 0.0870. The Balaban J connectivity index is 2.93. The van der Waals surface area contributed by atoms with Crippen molar-refractivity contribution in [2.24, 2.45) is 5.41 Å². The van der Waals surface area contributed by atoms with Crippen LogP contribution in [0.5, 0.6) is 11.5 Å². The van der Waals surface area contributed by atoms with E-state index in [2.05, 4.69) is 0 Å². The Morgan fingerprint density at radius 1 is 1.33 bits per heavy atom. The van der Waals surface area contributed by atoms with Crippen LogP contribution in [-0.2, 0) is 6.42 Å². The van der Waals surface area contributed by atoms with Gasteiger partial charge in [-0.25, -0.2) is 0 Å². The first-order valence-corrected chi connectivity index (χ1v) is 4.95. The summed E-state index contributed by atoms with van der Waals surface area (Å²) in [6, 6.07) is 5.12. The minimum Gasteiger partial charge on any atom is -0.508 e. The van der Waals surface area contributed by atoms with E-state index in [0.29, 0.717) is 6.42 Å². The van der Waals surface area contributed by atoms with Crippen molar-refractivity contribution in [1.29, 1.82) is 0 Å². The van der Waals surface area contributed by atoms with Gasteiger partial charge in [-0.1, -0.05) is 13.8 Å². The third-order valence-corrected chi connectivity index (χ3v) is 2.38. The number of ether oxygens (including phenoxy) is 1. The molecule has 1 aromatic carbocycles. The molecule has 1 aromatic rings. The molecule has 84 valence electrons. The van der Waals surface area contributed by atoms with Gasteiger partial charge in [0, 0.05) is 6.61 Å². The molecule has 0 spiro atoms. The lowest BCUT2D eigenvalue weighted by molar-refractivity contribution is 0.159. The summed E-state index contributed by atoms with van der Waals surface area (Å²) in [6.45, 7) is 3.99. The maximum atomic E-state index is 9.65. The first kappa shape index (κ1) is 11.9. The molecular weight excluding hydrogens is 192 g/mol. The second-order valence-electron chi connectivity index (χ2n) is 4.49. The summed E-state index contributed by atoms with van der Waals surface area (Å²) in [5, 5.41) is 18.8. The van der Waals surface area contributed by atoms with Gasteiger partial charge in [-0.3, -0.25) is 0 Å². The van der Waals surface area contributed by atoms with Gasteiger partial charge in [0.25, 0.3) is 0 Å². The number of rotatable bonds is 4. The van der Waals surface area contributed by atoms with E-state index < -0.39 is 0 Å². The molecule has 0 saturated heterocycles. The molecule has 0 fully saturated rings. The molecule has 0 heterocycles. The van der Waals surface area contributed by atoms with E-state index in [0.717, 1.165) is 11.3 Å². The van der Waals surface area contributed by atoms with E-state index >= 15 is 0 Å². The zero-order valence-electron chi connectivity index (χ0n) is 9.45. The molecule has 0 aromatic heterocycles. The average Bonchev–Trinajstić information content (AvgIpc) is 2.21. The summed E-state index contributed by atoms with van der Waals surface area (Å²) < 4.78 is 5.08. The van der Waals surface area contributed by atoms with Crippen molar-refractivity contribution >= 4 is 0 Å². The van der Waals surface area contributed by atoms with Gasteiger partial charge < -0.3 is 14.9 Å². The van der Waals surface area contributed by atoms with Crippen LogP contribution in [0.15, 0.2) is 18.2 Å². The van der Waals surface area contributed by atoms with Crippen LogP contribution in [0.4, 0.5) is 0 Å². The topological polar surface area (TPSA) is 49.7 Å². The number of aromatic hydroxyl groups is 1. The molecule has 3 heteroatoms. The molecule has 0 saturated carbocycles. The van der Waals surface area contributed by atoms with Crippen LogP contribution in [0, 0.1) is 5.41 Å². The van der Waals surface area contributed by atoms with Crippen LogP contribution in [0.1, 0.15) is 19.4 Å². The monoisotopic (exact) mass is 210 g/mol. The molecule has 0 amide bonds. The van der Waals surface area contributed by atoms with Gasteiger partial charge in [-0.15, -0.1) is 0 Å². The number of methoxy groups -OCH3 is 1. The molecule has 15 heavy (non-hydrogen) atoms. The number of benzene rings is 1. The highest BCUT2D eigenvalue weighted by molar-refractivity contribution is 5.39. The number of phenols is 1. The standard InChI is InChI=1S/C12H18O3/c1-12(2,8-13)7-9-6-10(15-3)4-5-11(9)14/h4-6,13-14H,7-8H2,1-3H3. The largest absolute Gasteiger partial charge is 0.508 e. The number of hydrogen-bond acceptors (Lipinski definition) is 3. The molecule has 0 atom stereocenters. The van der Waals surface area contributed by atoms with Gasteiger partial charge >= 0.3 is 0 Å². The Kier molecular flexibility index (Phi) is 3.58.